The van der Waals surface area contributed by atoms with E-state index in [1.54, 1.807) is 19.1 Å². The Morgan fingerprint density at radius 1 is 1.29 bits per heavy atom. The highest BCUT2D eigenvalue weighted by molar-refractivity contribution is 7.92. The summed E-state index contributed by atoms with van der Waals surface area (Å²) in [7, 11) is -3.84. The lowest BCUT2D eigenvalue weighted by atomic mass is 10.1. The van der Waals surface area contributed by atoms with Crippen LogP contribution in [0.1, 0.15) is 11.1 Å². The third-order valence-electron chi connectivity index (χ3n) is 2.91. The summed E-state index contributed by atoms with van der Waals surface area (Å²) in [6, 6.07) is 10.9. The predicted octanol–water partition coefficient (Wildman–Crippen LogP) is 2.90. The number of nitrogen functional groups attached to an aromatic ring is 1. The largest absolute Gasteiger partial charge is 0.397 e. The fraction of sp³-hybridized carbons (Fsp3) is 0.0714. The topological polar surface area (TPSA) is 96.0 Å². The molecule has 0 spiro atoms. The molecule has 0 saturated heterocycles. The summed E-state index contributed by atoms with van der Waals surface area (Å²) >= 11 is 5.78. The second-order valence-corrected chi connectivity index (χ2v) is 6.49. The molecular weight excluding hydrogens is 310 g/mol. The molecule has 2 aromatic rings. The lowest BCUT2D eigenvalue weighted by Crippen LogP contribution is -2.14. The van der Waals surface area contributed by atoms with Crippen LogP contribution in [0.25, 0.3) is 0 Å². The van der Waals surface area contributed by atoms with Crippen LogP contribution in [0.2, 0.25) is 5.02 Å². The minimum atomic E-state index is -3.84. The average Bonchev–Trinajstić information content (AvgIpc) is 2.41. The molecule has 0 aliphatic carbocycles. The third kappa shape index (κ3) is 3.10. The molecule has 108 valence electrons. The average molecular weight is 322 g/mol. The van der Waals surface area contributed by atoms with E-state index in [4.69, 9.17) is 22.6 Å². The first-order chi connectivity index (χ1) is 9.85. The van der Waals surface area contributed by atoms with Crippen LogP contribution in [0.3, 0.4) is 0 Å². The van der Waals surface area contributed by atoms with E-state index in [9.17, 15) is 8.42 Å². The second-order valence-electron chi connectivity index (χ2n) is 4.40. The van der Waals surface area contributed by atoms with Crippen LogP contribution in [0.15, 0.2) is 41.3 Å². The molecular formula is C14H12ClN3O2S. The summed E-state index contributed by atoms with van der Waals surface area (Å²) in [6.45, 7) is 1.73. The molecule has 0 aromatic heterocycles. The highest BCUT2D eigenvalue weighted by atomic mass is 35.5. The fourth-order valence-electron chi connectivity index (χ4n) is 1.79. The van der Waals surface area contributed by atoms with Crippen molar-refractivity contribution in [3.8, 4) is 6.07 Å². The minimum absolute atomic E-state index is 0.0187. The normalized spacial score (nSPS) is 10.9. The first-order valence-electron chi connectivity index (χ1n) is 5.92. The van der Waals surface area contributed by atoms with Crippen LogP contribution in [-0.4, -0.2) is 8.42 Å². The van der Waals surface area contributed by atoms with Gasteiger partial charge in [-0.05, 0) is 36.8 Å². The Balaban J connectivity index is 2.45. The van der Waals surface area contributed by atoms with E-state index in [1.807, 2.05) is 6.07 Å². The summed E-state index contributed by atoms with van der Waals surface area (Å²) in [5.74, 6) is 0. The quantitative estimate of drug-likeness (QED) is 0.849. The minimum Gasteiger partial charge on any atom is -0.397 e. The first-order valence-corrected chi connectivity index (χ1v) is 7.79. The van der Waals surface area contributed by atoms with Crippen LogP contribution in [-0.2, 0) is 10.0 Å². The molecule has 0 heterocycles. The maximum absolute atomic E-state index is 12.3. The zero-order chi connectivity index (χ0) is 15.6. The number of hydrogen-bond donors (Lipinski definition) is 2. The van der Waals surface area contributed by atoms with Crippen LogP contribution in [0.4, 0.5) is 11.4 Å². The molecule has 2 rings (SSSR count). The molecule has 0 unspecified atom stereocenters. The van der Waals surface area contributed by atoms with Crippen molar-refractivity contribution in [3.63, 3.8) is 0 Å². The lowest BCUT2D eigenvalue weighted by Gasteiger charge is -2.11. The number of nitrogens with two attached hydrogens (primary N) is 1. The van der Waals surface area contributed by atoms with Crippen molar-refractivity contribution in [3.05, 3.63) is 52.5 Å². The van der Waals surface area contributed by atoms with Crippen molar-refractivity contribution >= 4 is 33.0 Å². The molecule has 0 fully saturated rings. The van der Waals surface area contributed by atoms with Crippen LogP contribution < -0.4 is 10.5 Å². The molecule has 7 heteroatoms. The second kappa shape index (κ2) is 5.64. The van der Waals surface area contributed by atoms with Crippen LogP contribution in [0, 0.1) is 18.3 Å². The highest BCUT2D eigenvalue weighted by Crippen LogP contribution is 2.25. The smallest absolute Gasteiger partial charge is 0.262 e. The zero-order valence-electron chi connectivity index (χ0n) is 11.1. The highest BCUT2D eigenvalue weighted by Gasteiger charge is 2.17. The molecule has 0 aliphatic rings. The lowest BCUT2D eigenvalue weighted by molar-refractivity contribution is 0.601. The summed E-state index contributed by atoms with van der Waals surface area (Å²) in [4.78, 5) is -0.0187. The number of aryl methyl sites for hydroxylation is 1. The third-order valence-corrected chi connectivity index (χ3v) is 4.61. The summed E-state index contributed by atoms with van der Waals surface area (Å²) in [6.07, 6.45) is 0. The van der Waals surface area contributed by atoms with Crippen molar-refractivity contribution in [2.45, 2.75) is 11.8 Å². The summed E-state index contributed by atoms with van der Waals surface area (Å²) in [5.41, 5.74) is 6.98. The molecule has 5 nitrogen and oxygen atoms in total. The first kappa shape index (κ1) is 15.2. The predicted molar refractivity (Wildman–Crippen MR) is 82.6 cm³/mol. The van der Waals surface area contributed by atoms with E-state index < -0.39 is 10.0 Å². The van der Waals surface area contributed by atoms with Gasteiger partial charge in [0, 0.05) is 0 Å². The SMILES string of the molecule is Cc1cccc(NS(=O)(=O)c2ccc(Cl)c(N)c2)c1C#N. The molecule has 2 aromatic carbocycles. The Morgan fingerprint density at radius 3 is 2.62 bits per heavy atom. The Labute approximate surface area is 128 Å². The molecule has 0 radical (unpaired) electrons. The van der Waals surface area contributed by atoms with Gasteiger partial charge in [-0.25, -0.2) is 8.42 Å². The maximum atomic E-state index is 12.3. The number of nitrogens with one attached hydrogen (secondary N) is 1. The summed E-state index contributed by atoms with van der Waals surface area (Å²) < 4.78 is 27.0. The van der Waals surface area contributed by atoms with Gasteiger partial charge in [-0.3, -0.25) is 4.72 Å². The van der Waals surface area contributed by atoms with Gasteiger partial charge < -0.3 is 5.73 Å². The number of halogens is 1. The van der Waals surface area contributed by atoms with Gasteiger partial charge in [0.15, 0.2) is 0 Å². The van der Waals surface area contributed by atoms with E-state index in [-0.39, 0.29) is 26.9 Å². The number of benzene rings is 2. The van der Waals surface area contributed by atoms with Crippen molar-refractivity contribution in [1.82, 2.24) is 0 Å². The van der Waals surface area contributed by atoms with Gasteiger partial charge in [-0.15, -0.1) is 0 Å². The van der Waals surface area contributed by atoms with Gasteiger partial charge >= 0.3 is 0 Å². The molecule has 0 atom stereocenters. The van der Waals surface area contributed by atoms with Crippen LogP contribution in [0.5, 0.6) is 0 Å². The van der Waals surface area contributed by atoms with Gasteiger partial charge in [0.2, 0.25) is 0 Å². The maximum Gasteiger partial charge on any atom is 0.262 e. The molecule has 0 amide bonds. The Bertz CT molecular complexity index is 842. The van der Waals surface area contributed by atoms with Crippen molar-refractivity contribution in [2.24, 2.45) is 0 Å². The number of nitriles is 1. The van der Waals surface area contributed by atoms with Gasteiger partial charge in [0.25, 0.3) is 10.0 Å². The standard InChI is InChI=1S/C14H12ClN3O2S/c1-9-3-2-4-14(11(9)8-16)18-21(19,20)10-5-6-12(15)13(17)7-10/h2-7,18H,17H2,1H3. The molecule has 0 saturated carbocycles. The number of rotatable bonds is 3. The fourth-order valence-corrected chi connectivity index (χ4v) is 3.02. The Morgan fingerprint density at radius 2 is 2.00 bits per heavy atom. The molecule has 0 bridgehead atoms. The number of hydrogen-bond acceptors (Lipinski definition) is 4. The van der Waals surface area contributed by atoms with Gasteiger partial charge in [-0.2, -0.15) is 5.26 Å². The number of anilines is 2. The van der Waals surface area contributed by atoms with Crippen molar-refractivity contribution in [1.29, 1.82) is 5.26 Å². The van der Waals surface area contributed by atoms with Crippen molar-refractivity contribution < 1.29 is 8.42 Å². The van der Waals surface area contributed by atoms with Crippen molar-refractivity contribution in [2.75, 3.05) is 10.5 Å². The molecule has 3 N–H and O–H groups in total. The number of sulfonamides is 1. The molecule has 0 aliphatic heterocycles. The summed E-state index contributed by atoms with van der Waals surface area (Å²) in [5, 5.41) is 9.40. The Kier molecular flexibility index (Phi) is 4.07. The monoisotopic (exact) mass is 321 g/mol. The Hall–Kier alpha value is -2.23. The van der Waals surface area contributed by atoms with Gasteiger partial charge in [-0.1, -0.05) is 23.7 Å². The molecule has 21 heavy (non-hydrogen) atoms. The van der Waals surface area contributed by atoms with E-state index in [0.717, 1.165) is 0 Å². The van der Waals surface area contributed by atoms with E-state index in [1.165, 1.54) is 24.3 Å². The van der Waals surface area contributed by atoms with Gasteiger partial charge in [0.05, 0.1) is 26.9 Å². The van der Waals surface area contributed by atoms with E-state index >= 15 is 0 Å². The van der Waals surface area contributed by atoms with E-state index in [2.05, 4.69) is 4.72 Å². The van der Waals surface area contributed by atoms with E-state index in [0.29, 0.717) is 5.56 Å². The number of nitrogens with zero attached hydrogens (tertiary/aromatic N) is 1. The zero-order valence-corrected chi connectivity index (χ0v) is 12.7. The van der Waals surface area contributed by atoms with Crippen LogP contribution >= 0.6 is 11.6 Å². The van der Waals surface area contributed by atoms with Gasteiger partial charge in [0.1, 0.15) is 6.07 Å².